The highest BCUT2D eigenvalue weighted by Gasteiger charge is 2.15. The van der Waals surface area contributed by atoms with Crippen molar-refractivity contribution in [2.75, 3.05) is 18.1 Å². The fourth-order valence-electron chi connectivity index (χ4n) is 3.18. The van der Waals surface area contributed by atoms with E-state index >= 15 is 0 Å². The van der Waals surface area contributed by atoms with Crippen molar-refractivity contribution >= 4 is 15.5 Å². The Bertz CT molecular complexity index is 899. The first-order valence-corrected chi connectivity index (χ1v) is 10.6. The summed E-state index contributed by atoms with van der Waals surface area (Å²) in [5.41, 5.74) is 3.18. The summed E-state index contributed by atoms with van der Waals surface area (Å²) in [4.78, 5) is 0.343. The van der Waals surface area contributed by atoms with Crippen molar-refractivity contribution in [1.29, 1.82) is 0 Å². The summed E-state index contributed by atoms with van der Waals surface area (Å²) in [6, 6.07) is 27.9. The highest BCUT2D eigenvalue weighted by atomic mass is 32.2. The first kappa shape index (κ1) is 18.2. The molecule has 0 saturated carbocycles. The van der Waals surface area contributed by atoms with Gasteiger partial charge in [-0.15, -0.1) is 0 Å². The molecule has 0 aromatic heterocycles. The standard InChI is InChI=1S/C22H23NO2S/c1-26(24,25)22-15-9-8-14-21(22)23-17-16-20(18-10-4-2-5-11-18)19-12-6-3-7-13-19/h2-15,20,23H,16-17H2,1H3. The summed E-state index contributed by atoms with van der Waals surface area (Å²) in [6.07, 6.45) is 2.11. The van der Waals surface area contributed by atoms with Gasteiger partial charge in [-0.1, -0.05) is 72.8 Å². The molecule has 0 heterocycles. The normalized spacial score (nSPS) is 11.5. The van der Waals surface area contributed by atoms with Crippen LogP contribution in [-0.2, 0) is 9.84 Å². The maximum Gasteiger partial charge on any atom is 0.177 e. The summed E-state index contributed by atoms with van der Waals surface area (Å²) in [5, 5.41) is 3.31. The van der Waals surface area contributed by atoms with E-state index < -0.39 is 9.84 Å². The number of para-hydroxylation sites is 1. The number of anilines is 1. The monoisotopic (exact) mass is 365 g/mol. The summed E-state index contributed by atoms with van der Waals surface area (Å²) in [7, 11) is -3.25. The zero-order chi connectivity index (χ0) is 18.4. The Morgan fingerprint density at radius 2 is 1.27 bits per heavy atom. The highest BCUT2D eigenvalue weighted by molar-refractivity contribution is 7.90. The minimum atomic E-state index is -3.25. The van der Waals surface area contributed by atoms with Crippen LogP contribution in [0.4, 0.5) is 5.69 Å². The van der Waals surface area contributed by atoms with Crippen molar-refractivity contribution in [3.05, 3.63) is 96.1 Å². The lowest BCUT2D eigenvalue weighted by molar-refractivity contribution is 0.602. The molecule has 3 aromatic rings. The molecule has 0 unspecified atom stereocenters. The molecule has 1 N–H and O–H groups in total. The van der Waals surface area contributed by atoms with Crippen LogP contribution in [0.5, 0.6) is 0 Å². The predicted molar refractivity (Wildman–Crippen MR) is 107 cm³/mol. The largest absolute Gasteiger partial charge is 0.384 e. The fraction of sp³-hybridized carbons (Fsp3) is 0.182. The van der Waals surface area contributed by atoms with Crippen LogP contribution >= 0.6 is 0 Å². The van der Waals surface area contributed by atoms with E-state index in [1.165, 1.54) is 17.4 Å². The van der Waals surface area contributed by atoms with E-state index in [0.29, 0.717) is 17.1 Å². The van der Waals surface area contributed by atoms with Crippen LogP contribution < -0.4 is 5.32 Å². The van der Waals surface area contributed by atoms with Gasteiger partial charge in [0.15, 0.2) is 9.84 Å². The lowest BCUT2D eigenvalue weighted by Crippen LogP contribution is -2.11. The van der Waals surface area contributed by atoms with E-state index in [9.17, 15) is 8.42 Å². The zero-order valence-electron chi connectivity index (χ0n) is 14.8. The average molecular weight is 365 g/mol. The predicted octanol–water partition coefficient (Wildman–Crippen LogP) is 4.72. The maximum atomic E-state index is 12.0. The van der Waals surface area contributed by atoms with Crippen molar-refractivity contribution in [2.24, 2.45) is 0 Å². The number of hydrogen-bond donors (Lipinski definition) is 1. The minimum absolute atomic E-state index is 0.260. The van der Waals surface area contributed by atoms with E-state index in [0.717, 1.165) is 6.42 Å². The summed E-state index contributed by atoms with van der Waals surface area (Å²) in [6.45, 7) is 0.682. The second-order valence-corrected chi connectivity index (χ2v) is 8.34. The molecule has 3 aromatic carbocycles. The molecule has 0 amide bonds. The Kier molecular flexibility index (Phi) is 5.74. The quantitative estimate of drug-likeness (QED) is 0.659. The molecule has 0 spiro atoms. The Morgan fingerprint density at radius 3 is 1.81 bits per heavy atom. The lowest BCUT2D eigenvalue weighted by atomic mass is 9.88. The van der Waals surface area contributed by atoms with Gasteiger partial charge in [-0.2, -0.15) is 0 Å². The number of hydrogen-bond acceptors (Lipinski definition) is 3. The second-order valence-electron chi connectivity index (χ2n) is 6.36. The van der Waals surface area contributed by atoms with Crippen LogP contribution in [0.3, 0.4) is 0 Å². The third-order valence-corrected chi connectivity index (χ3v) is 5.59. The van der Waals surface area contributed by atoms with Crippen LogP contribution in [0.25, 0.3) is 0 Å². The van der Waals surface area contributed by atoms with Crippen LogP contribution in [0.15, 0.2) is 89.8 Å². The van der Waals surface area contributed by atoms with E-state index in [-0.39, 0.29) is 5.92 Å². The van der Waals surface area contributed by atoms with Gasteiger partial charge in [0.25, 0.3) is 0 Å². The van der Waals surface area contributed by atoms with E-state index in [1.807, 2.05) is 24.3 Å². The molecule has 0 aliphatic rings. The minimum Gasteiger partial charge on any atom is -0.384 e. The summed E-state index contributed by atoms with van der Waals surface area (Å²) < 4.78 is 23.9. The van der Waals surface area contributed by atoms with Crippen LogP contribution in [0.2, 0.25) is 0 Å². The molecule has 134 valence electrons. The molecule has 0 fully saturated rings. The first-order chi connectivity index (χ1) is 12.6. The topological polar surface area (TPSA) is 46.2 Å². The van der Waals surface area contributed by atoms with Gasteiger partial charge in [-0.05, 0) is 29.7 Å². The van der Waals surface area contributed by atoms with Crippen LogP contribution in [0.1, 0.15) is 23.5 Å². The molecule has 0 saturated heterocycles. The van der Waals surface area contributed by atoms with Gasteiger partial charge in [-0.25, -0.2) is 8.42 Å². The maximum absolute atomic E-state index is 12.0. The van der Waals surface area contributed by atoms with E-state index in [2.05, 4.69) is 53.8 Å². The molecule has 4 heteroatoms. The number of sulfone groups is 1. The summed E-state index contributed by atoms with van der Waals surface area (Å²) in [5.74, 6) is 0.260. The molecule has 0 bridgehead atoms. The van der Waals surface area contributed by atoms with Crippen molar-refractivity contribution in [1.82, 2.24) is 0 Å². The van der Waals surface area contributed by atoms with E-state index in [4.69, 9.17) is 0 Å². The SMILES string of the molecule is CS(=O)(=O)c1ccccc1NCCC(c1ccccc1)c1ccccc1. The van der Waals surface area contributed by atoms with Crippen molar-refractivity contribution in [2.45, 2.75) is 17.2 Å². The molecular formula is C22H23NO2S. The molecule has 0 aliphatic heterocycles. The van der Waals surface area contributed by atoms with Crippen molar-refractivity contribution in [3.63, 3.8) is 0 Å². The Balaban J connectivity index is 1.78. The van der Waals surface area contributed by atoms with Gasteiger partial charge < -0.3 is 5.32 Å². The highest BCUT2D eigenvalue weighted by Crippen LogP contribution is 2.28. The van der Waals surface area contributed by atoms with Crippen LogP contribution in [0, 0.1) is 0 Å². The summed E-state index contributed by atoms with van der Waals surface area (Å²) >= 11 is 0. The van der Waals surface area contributed by atoms with Gasteiger partial charge in [0.2, 0.25) is 0 Å². The van der Waals surface area contributed by atoms with Crippen molar-refractivity contribution < 1.29 is 8.42 Å². The van der Waals surface area contributed by atoms with Gasteiger partial charge in [-0.3, -0.25) is 0 Å². The van der Waals surface area contributed by atoms with Gasteiger partial charge >= 0.3 is 0 Å². The average Bonchev–Trinajstić information content (AvgIpc) is 2.66. The van der Waals surface area contributed by atoms with Gasteiger partial charge in [0.1, 0.15) is 0 Å². The van der Waals surface area contributed by atoms with Crippen molar-refractivity contribution in [3.8, 4) is 0 Å². The molecule has 3 rings (SSSR count). The van der Waals surface area contributed by atoms with Gasteiger partial charge in [0.05, 0.1) is 10.6 Å². The molecule has 0 atom stereocenters. The number of nitrogens with one attached hydrogen (secondary N) is 1. The molecular weight excluding hydrogens is 342 g/mol. The molecule has 0 aliphatic carbocycles. The Hall–Kier alpha value is -2.59. The molecule has 0 radical (unpaired) electrons. The van der Waals surface area contributed by atoms with E-state index in [1.54, 1.807) is 12.1 Å². The van der Waals surface area contributed by atoms with Gasteiger partial charge in [0, 0.05) is 18.7 Å². The molecule has 3 nitrogen and oxygen atoms in total. The first-order valence-electron chi connectivity index (χ1n) is 8.68. The molecule has 26 heavy (non-hydrogen) atoms. The number of benzene rings is 3. The number of rotatable bonds is 7. The third-order valence-electron chi connectivity index (χ3n) is 4.44. The van der Waals surface area contributed by atoms with Crippen LogP contribution in [-0.4, -0.2) is 21.2 Å². The smallest absolute Gasteiger partial charge is 0.177 e. The fourth-order valence-corrected chi connectivity index (χ4v) is 4.05. The second kappa shape index (κ2) is 8.19. The zero-order valence-corrected chi connectivity index (χ0v) is 15.6. The lowest BCUT2D eigenvalue weighted by Gasteiger charge is -2.19. The third kappa shape index (κ3) is 4.52. The Morgan fingerprint density at radius 1 is 0.769 bits per heavy atom. The Labute approximate surface area is 155 Å².